The third-order valence-corrected chi connectivity index (χ3v) is 4.66. The summed E-state index contributed by atoms with van der Waals surface area (Å²) in [6, 6.07) is 13.6. The van der Waals surface area contributed by atoms with Gasteiger partial charge in [0.25, 0.3) is 5.91 Å². The molecule has 5 nitrogen and oxygen atoms in total. The van der Waals surface area contributed by atoms with Crippen molar-refractivity contribution in [2.75, 3.05) is 38.2 Å². The number of nitrogens with zero attached hydrogens (tertiary/aromatic N) is 3. The maximum absolute atomic E-state index is 12.8. The van der Waals surface area contributed by atoms with Crippen LogP contribution in [0.25, 0.3) is 0 Å². The molecule has 1 saturated heterocycles. The molecule has 1 aromatic heterocycles. The third-order valence-electron chi connectivity index (χ3n) is 4.19. The van der Waals surface area contributed by atoms with Crippen molar-refractivity contribution >= 4 is 27.7 Å². The Balaban J connectivity index is 1.63. The van der Waals surface area contributed by atoms with Gasteiger partial charge in [-0.25, -0.2) is 4.98 Å². The van der Waals surface area contributed by atoms with Gasteiger partial charge in [-0.15, -0.1) is 0 Å². The van der Waals surface area contributed by atoms with E-state index in [0.29, 0.717) is 13.1 Å². The molecule has 0 bridgehead atoms. The third kappa shape index (κ3) is 3.76. The number of aromatic nitrogens is 1. The molecule has 0 aliphatic carbocycles. The second-order valence-electron chi connectivity index (χ2n) is 5.67. The molecular formula is C18H20BrN3O2. The molecule has 1 aromatic carbocycles. The van der Waals surface area contributed by atoms with E-state index in [4.69, 9.17) is 4.74 Å². The molecule has 0 spiro atoms. The predicted molar refractivity (Wildman–Crippen MR) is 96.9 cm³/mol. The topological polar surface area (TPSA) is 45.7 Å². The molecule has 1 amide bonds. The molecule has 24 heavy (non-hydrogen) atoms. The van der Waals surface area contributed by atoms with Gasteiger partial charge in [0.1, 0.15) is 5.82 Å². The van der Waals surface area contributed by atoms with Crippen LogP contribution < -0.4 is 4.90 Å². The fraction of sp³-hybridized carbons (Fsp3) is 0.333. The van der Waals surface area contributed by atoms with Gasteiger partial charge in [0.15, 0.2) is 6.10 Å². The number of hydrogen-bond acceptors (Lipinski definition) is 4. The molecule has 126 valence electrons. The highest BCUT2D eigenvalue weighted by Gasteiger charge is 2.28. The van der Waals surface area contributed by atoms with E-state index in [9.17, 15) is 4.79 Å². The second kappa shape index (κ2) is 7.77. The van der Waals surface area contributed by atoms with Crippen molar-refractivity contribution in [3.8, 4) is 0 Å². The van der Waals surface area contributed by atoms with Crippen LogP contribution in [0.2, 0.25) is 0 Å². The number of pyridine rings is 1. The van der Waals surface area contributed by atoms with Gasteiger partial charge in [-0.05, 0) is 33.6 Å². The Morgan fingerprint density at radius 1 is 1.12 bits per heavy atom. The number of anilines is 1. The monoisotopic (exact) mass is 389 g/mol. The summed E-state index contributed by atoms with van der Waals surface area (Å²) in [6.45, 7) is 2.88. The zero-order chi connectivity index (χ0) is 16.9. The van der Waals surface area contributed by atoms with Gasteiger partial charge < -0.3 is 14.5 Å². The first-order valence-electron chi connectivity index (χ1n) is 7.92. The van der Waals surface area contributed by atoms with Crippen molar-refractivity contribution in [2.45, 2.75) is 6.10 Å². The van der Waals surface area contributed by atoms with Gasteiger partial charge >= 0.3 is 0 Å². The maximum Gasteiger partial charge on any atom is 0.256 e. The zero-order valence-corrected chi connectivity index (χ0v) is 15.1. The normalized spacial score (nSPS) is 16.1. The molecular weight excluding hydrogens is 370 g/mol. The van der Waals surface area contributed by atoms with Crippen LogP contribution in [0.3, 0.4) is 0 Å². The van der Waals surface area contributed by atoms with Crippen molar-refractivity contribution < 1.29 is 9.53 Å². The molecule has 1 aliphatic heterocycles. The quantitative estimate of drug-likeness (QED) is 0.806. The Labute approximate surface area is 150 Å². The molecule has 2 aromatic rings. The van der Waals surface area contributed by atoms with Crippen LogP contribution in [0.5, 0.6) is 0 Å². The lowest BCUT2D eigenvalue weighted by molar-refractivity contribution is -0.142. The lowest BCUT2D eigenvalue weighted by Crippen LogP contribution is -2.50. The number of carbonyl (C=O) groups is 1. The van der Waals surface area contributed by atoms with E-state index in [1.165, 1.54) is 0 Å². The van der Waals surface area contributed by atoms with Gasteiger partial charge in [-0.2, -0.15) is 0 Å². The molecule has 0 saturated carbocycles. The highest BCUT2D eigenvalue weighted by Crippen LogP contribution is 2.21. The molecule has 6 heteroatoms. The smallest absolute Gasteiger partial charge is 0.256 e. The second-order valence-corrected chi connectivity index (χ2v) is 6.59. The fourth-order valence-electron chi connectivity index (χ4n) is 2.88. The molecule has 0 N–H and O–H groups in total. The van der Waals surface area contributed by atoms with Gasteiger partial charge in [0.05, 0.1) is 0 Å². The molecule has 0 radical (unpaired) electrons. The molecule has 1 fully saturated rings. The van der Waals surface area contributed by atoms with Crippen molar-refractivity contribution in [3.63, 3.8) is 0 Å². The van der Waals surface area contributed by atoms with Crippen molar-refractivity contribution in [1.82, 2.24) is 9.88 Å². The maximum atomic E-state index is 12.8. The van der Waals surface area contributed by atoms with Gasteiger partial charge in [0.2, 0.25) is 0 Å². The van der Waals surface area contributed by atoms with Gasteiger partial charge in [-0.3, -0.25) is 4.79 Å². The van der Waals surface area contributed by atoms with Crippen molar-refractivity contribution in [3.05, 3.63) is 58.7 Å². The first kappa shape index (κ1) is 16.9. The highest BCUT2D eigenvalue weighted by molar-refractivity contribution is 9.10. The van der Waals surface area contributed by atoms with E-state index < -0.39 is 6.10 Å². The molecule has 2 heterocycles. The van der Waals surface area contributed by atoms with Crippen LogP contribution >= 0.6 is 15.9 Å². The van der Waals surface area contributed by atoms with Gasteiger partial charge in [-0.1, -0.05) is 30.3 Å². The lowest BCUT2D eigenvalue weighted by atomic mass is 10.1. The van der Waals surface area contributed by atoms with Crippen LogP contribution in [0.1, 0.15) is 11.7 Å². The molecule has 1 aliphatic rings. The zero-order valence-electron chi connectivity index (χ0n) is 13.6. The summed E-state index contributed by atoms with van der Waals surface area (Å²) in [4.78, 5) is 21.3. The van der Waals surface area contributed by atoms with E-state index in [2.05, 4.69) is 25.8 Å². The summed E-state index contributed by atoms with van der Waals surface area (Å²) in [5, 5.41) is 0. The summed E-state index contributed by atoms with van der Waals surface area (Å²) in [5.41, 5.74) is 0.891. The Bertz CT molecular complexity index is 670. The number of benzene rings is 1. The predicted octanol–water partition coefficient (Wildman–Crippen LogP) is 2.88. The number of carbonyl (C=O) groups excluding carboxylic acids is 1. The van der Waals surface area contributed by atoms with E-state index in [1.807, 2.05) is 47.4 Å². The molecule has 0 unspecified atom stereocenters. The number of rotatable bonds is 4. The Kier molecular flexibility index (Phi) is 5.48. The number of piperazine rings is 1. The Morgan fingerprint density at radius 2 is 1.83 bits per heavy atom. The number of hydrogen-bond donors (Lipinski definition) is 0. The van der Waals surface area contributed by atoms with Crippen LogP contribution in [0, 0.1) is 0 Å². The standard InChI is InChI=1S/C18H20BrN3O2/c1-24-17(14-5-3-2-4-6-14)18(23)22-11-9-21(10-12-22)16-8-7-15(19)13-20-16/h2-8,13,17H,9-12H2,1H3/t17-/m1/s1. The van der Waals surface area contributed by atoms with Crippen LogP contribution in [-0.2, 0) is 9.53 Å². The van der Waals surface area contributed by atoms with E-state index >= 15 is 0 Å². The first-order valence-corrected chi connectivity index (χ1v) is 8.71. The largest absolute Gasteiger partial charge is 0.367 e. The summed E-state index contributed by atoms with van der Waals surface area (Å²) in [6.07, 6.45) is 1.26. The average molecular weight is 390 g/mol. The summed E-state index contributed by atoms with van der Waals surface area (Å²) < 4.78 is 6.42. The van der Waals surface area contributed by atoms with Crippen LogP contribution in [0.4, 0.5) is 5.82 Å². The van der Waals surface area contributed by atoms with Gasteiger partial charge in [0, 0.05) is 44.0 Å². The fourth-order valence-corrected chi connectivity index (χ4v) is 3.12. The number of ether oxygens (including phenoxy) is 1. The highest BCUT2D eigenvalue weighted by atomic mass is 79.9. The minimum atomic E-state index is -0.538. The average Bonchev–Trinajstić information content (AvgIpc) is 2.64. The number of amides is 1. The number of methoxy groups -OCH3 is 1. The van der Waals surface area contributed by atoms with Crippen LogP contribution in [0.15, 0.2) is 53.1 Å². The lowest BCUT2D eigenvalue weighted by Gasteiger charge is -2.36. The number of halogens is 1. The summed E-state index contributed by atoms with van der Waals surface area (Å²) in [7, 11) is 1.58. The van der Waals surface area contributed by atoms with E-state index in [1.54, 1.807) is 13.3 Å². The van der Waals surface area contributed by atoms with Crippen molar-refractivity contribution in [1.29, 1.82) is 0 Å². The molecule has 3 rings (SSSR count). The van der Waals surface area contributed by atoms with E-state index in [0.717, 1.165) is 28.9 Å². The summed E-state index contributed by atoms with van der Waals surface area (Å²) >= 11 is 3.40. The minimum Gasteiger partial charge on any atom is -0.367 e. The SMILES string of the molecule is CO[C@@H](C(=O)N1CCN(c2ccc(Br)cn2)CC1)c1ccccc1. The van der Waals surface area contributed by atoms with E-state index in [-0.39, 0.29) is 5.91 Å². The Hall–Kier alpha value is -1.92. The summed E-state index contributed by atoms with van der Waals surface area (Å²) in [5.74, 6) is 0.962. The molecule has 1 atom stereocenters. The Morgan fingerprint density at radius 3 is 2.42 bits per heavy atom. The first-order chi connectivity index (χ1) is 11.7. The van der Waals surface area contributed by atoms with Crippen LogP contribution in [-0.4, -0.2) is 49.1 Å². The minimum absolute atomic E-state index is 0.0205. The van der Waals surface area contributed by atoms with Crippen molar-refractivity contribution in [2.24, 2.45) is 0 Å².